The number of thiazole rings is 1. The maximum absolute atomic E-state index is 11.8. The number of hydrogen-bond acceptors (Lipinski definition) is 4. The van der Waals surface area contributed by atoms with Gasteiger partial charge in [0.1, 0.15) is 0 Å². The molecule has 2 rings (SSSR count). The Labute approximate surface area is 108 Å². The minimum absolute atomic E-state index is 0.0811. The normalized spacial score (nSPS) is 10.0. The summed E-state index contributed by atoms with van der Waals surface area (Å²) >= 11 is 1.26. The fourth-order valence-corrected chi connectivity index (χ4v) is 2.09. The molecule has 1 aromatic heterocycles. The van der Waals surface area contributed by atoms with E-state index in [9.17, 15) is 9.59 Å². The second-order valence-electron chi connectivity index (χ2n) is 3.61. The number of anilines is 1. The number of rotatable bonds is 4. The molecule has 3 N–H and O–H groups in total. The van der Waals surface area contributed by atoms with Crippen molar-refractivity contribution in [1.82, 2.24) is 4.98 Å². The Hall–Kier alpha value is -2.21. The maximum Gasteiger partial charge on any atom is 0.257 e. The Morgan fingerprint density at radius 3 is 2.67 bits per heavy atom. The predicted molar refractivity (Wildman–Crippen MR) is 69.4 cm³/mol. The lowest BCUT2D eigenvalue weighted by atomic mass is 10.2. The molecule has 0 saturated heterocycles. The number of carbonyl (C=O) groups is 2. The molecule has 0 fully saturated rings. The van der Waals surface area contributed by atoms with E-state index in [1.54, 1.807) is 29.6 Å². The van der Waals surface area contributed by atoms with Crippen molar-refractivity contribution in [3.05, 3.63) is 47.0 Å². The summed E-state index contributed by atoms with van der Waals surface area (Å²) in [6, 6.07) is 8.84. The average Bonchev–Trinajstić information content (AvgIpc) is 2.76. The van der Waals surface area contributed by atoms with Crippen molar-refractivity contribution in [2.75, 3.05) is 5.32 Å². The number of nitrogens with one attached hydrogen (secondary N) is 1. The van der Waals surface area contributed by atoms with Crippen LogP contribution in [0.4, 0.5) is 5.13 Å². The number of primary amides is 1. The summed E-state index contributed by atoms with van der Waals surface area (Å²) in [6.45, 7) is 0. The van der Waals surface area contributed by atoms with E-state index in [4.69, 9.17) is 5.73 Å². The standard InChI is InChI=1S/C12H11N3O2S/c13-10(16)6-9-7-18-12(14-9)15-11(17)8-4-2-1-3-5-8/h1-5,7H,6H2,(H2,13,16)(H,14,15,17). The lowest BCUT2D eigenvalue weighted by Crippen LogP contribution is -2.14. The van der Waals surface area contributed by atoms with Gasteiger partial charge in [0.15, 0.2) is 5.13 Å². The van der Waals surface area contributed by atoms with Crippen LogP contribution in [0.5, 0.6) is 0 Å². The largest absolute Gasteiger partial charge is 0.369 e. The molecular weight excluding hydrogens is 250 g/mol. The zero-order valence-electron chi connectivity index (χ0n) is 9.42. The van der Waals surface area contributed by atoms with Crippen LogP contribution in [0.1, 0.15) is 16.1 Å². The number of carbonyl (C=O) groups excluding carboxylic acids is 2. The van der Waals surface area contributed by atoms with E-state index in [1.807, 2.05) is 6.07 Å². The molecule has 0 aliphatic heterocycles. The van der Waals surface area contributed by atoms with Crippen molar-refractivity contribution >= 4 is 28.3 Å². The van der Waals surface area contributed by atoms with Gasteiger partial charge in [-0.25, -0.2) is 4.98 Å². The minimum Gasteiger partial charge on any atom is -0.369 e. The van der Waals surface area contributed by atoms with Crippen LogP contribution in [0.2, 0.25) is 0 Å². The van der Waals surface area contributed by atoms with Crippen LogP contribution in [-0.4, -0.2) is 16.8 Å². The molecule has 2 amide bonds. The van der Waals surface area contributed by atoms with E-state index >= 15 is 0 Å². The molecule has 0 saturated carbocycles. The molecule has 1 aromatic carbocycles. The molecule has 0 unspecified atom stereocenters. The monoisotopic (exact) mass is 261 g/mol. The predicted octanol–water partition coefficient (Wildman–Crippen LogP) is 1.42. The number of nitrogens with zero attached hydrogens (tertiary/aromatic N) is 1. The van der Waals surface area contributed by atoms with Crippen molar-refractivity contribution in [2.45, 2.75) is 6.42 Å². The summed E-state index contributed by atoms with van der Waals surface area (Å²) < 4.78 is 0. The third-order valence-electron chi connectivity index (χ3n) is 2.16. The van der Waals surface area contributed by atoms with Gasteiger partial charge in [-0.3, -0.25) is 14.9 Å². The first-order valence-electron chi connectivity index (χ1n) is 5.24. The molecular formula is C12H11N3O2S. The lowest BCUT2D eigenvalue weighted by Gasteiger charge is -2.00. The van der Waals surface area contributed by atoms with Crippen LogP contribution in [0, 0.1) is 0 Å². The second-order valence-corrected chi connectivity index (χ2v) is 4.47. The van der Waals surface area contributed by atoms with Gasteiger partial charge in [-0.15, -0.1) is 11.3 Å². The Morgan fingerprint density at radius 2 is 2.00 bits per heavy atom. The number of amides is 2. The number of aromatic nitrogens is 1. The van der Waals surface area contributed by atoms with Gasteiger partial charge in [0.2, 0.25) is 5.91 Å². The van der Waals surface area contributed by atoms with Crippen LogP contribution in [0.15, 0.2) is 35.7 Å². The molecule has 2 aromatic rings. The van der Waals surface area contributed by atoms with Crippen molar-refractivity contribution < 1.29 is 9.59 Å². The van der Waals surface area contributed by atoms with Gasteiger partial charge in [-0.1, -0.05) is 18.2 Å². The number of nitrogens with two attached hydrogens (primary N) is 1. The molecule has 6 heteroatoms. The van der Waals surface area contributed by atoms with Gasteiger partial charge in [0, 0.05) is 10.9 Å². The molecule has 0 aliphatic rings. The first-order valence-corrected chi connectivity index (χ1v) is 6.12. The number of hydrogen-bond donors (Lipinski definition) is 2. The Kier molecular flexibility index (Phi) is 3.69. The maximum atomic E-state index is 11.8. The smallest absolute Gasteiger partial charge is 0.257 e. The third kappa shape index (κ3) is 3.14. The quantitative estimate of drug-likeness (QED) is 0.872. The molecule has 92 valence electrons. The SMILES string of the molecule is NC(=O)Cc1csc(NC(=O)c2ccccc2)n1. The summed E-state index contributed by atoms with van der Waals surface area (Å²) in [4.78, 5) is 26.6. The van der Waals surface area contributed by atoms with E-state index in [2.05, 4.69) is 10.3 Å². The van der Waals surface area contributed by atoms with Crippen molar-refractivity contribution in [1.29, 1.82) is 0 Å². The summed E-state index contributed by atoms with van der Waals surface area (Å²) in [5, 5.41) is 4.83. The van der Waals surface area contributed by atoms with Gasteiger partial charge >= 0.3 is 0 Å². The van der Waals surface area contributed by atoms with Gasteiger partial charge in [0.05, 0.1) is 12.1 Å². The van der Waals surface area contributed by atoms with Crippen LogP contribution >= 0.6 is 11.3 Å². The molecule has 0 spiro atoms. The minimum atomic E-state index is -0.443. The van der Waals surface area contributed by atoms with Crippen molar-refractivity contribution in [3.63, 3.8) is 0 Å². The summed E-state index contributed by atoms with van der Waals surface area (Å²) in [5.41, 5.74) is 6.19. The van der Waals surface area contributed by atoms with Gasteiger partial charge in [-0.05, 0) is 12.1 Å². The first kappa shape index (κ1) is 12.3. The average molecular weight is 261 g/mol. The fraction of sp³-hybridized carbons (Fsp3) is 0.0833. The molecule has 0 bridgehead atoms. The zero-order valence-corrected chi connectivity index (χ0v) is 10.2. The van der Waals surface area contributed by atoms with Crippen molar-refractivity contribution in [2.24, 2.45) is 5.73 Å². The zero-order chi connectivity index (χ0) is 13.0. The second kappa shape index (κ2) is 5.42. The van der Waals surface area contributed by atoms with E-state index in [0.29, 0.717) is 16.4 Å². The summed E-state index contributed by atoms with van der Waals surface area (Å²) in [7, 11) is 0. The lowest BCUT2D eigenvalue weighted by molar-refractivity contribution is -0.117. The summed E-state index contributed by atoms with van der Waals surface area (Å²) in [5.74, 6) is -0.670. The third-order valence-corrected chi connectivity index (χ3v) is 2.97. The van der Waals surface area contributed by atoms with Crippen LogP contribution < -0.4 is 11.1 Å². The van der Waals surface area contributed by atoms with E-state index in [1.165, 1.54) is 11.3 Å². The summed E-state index contributed by atoms with van der Waals surface area (Å²) in [6.07, 6.45) is 0.0811. The fourth-order valence-electron chi connectivity index (χ4n) is 1.38. The van der Waals surface area contributed by atoms with E-state index < -0.39 is 5.91 Å². The highest BCUT2D eigenvalue weighted by atomic mass is 32.1. The van der Waals surface area contributed by atoms with Crippen LogP contribution in [-0.2, 0) is 11.2 Å². The van der Waals surface area contributed by atoms with Crippen LogP contribution in [0.25, 0.3) is 0 Å². The molecule has 1 heterocycles. The Balaban J connectivity index is 2.04. The van der Waals surface area contributed by atoms with E-state index in [-0.39, 0.29) is 12.3 Å². The Bertz CT molecular complexity index is 566. The molecule has 5 nitrogen and oxygen atoms in total. The van der Waals surface area contributed by atoms with E-state index in [0.717, 1.165) is 0 Å². The topological polar surface area (TPSA) is 85.1 Å². The van der Waals surface area contributed by atoms with Gasteiger partial charge in [0.25, 0.3) is 5.91 Å². The number of benzene rings is 1. The Morgan fingerprint density at radius 1 is 1.28 bits per heavy atom. The molecule has 18 heavy (non-hydrogen) atoms. The highest BCUT2D eigenvalue weighted by Crippen LogP contribution is 2.16. The first-order chi connectivity index (χ1) is 8.65. The highest BCUT2D eigenvalue weighted by Gasteiger charge is 2.09. The van der Waals surface area contributed by atoms with Gasteiger partial charge in [-0.2, -0.15) is 0 Å². The highest BCUT2D eigenvalue weighted by molar-refractivity contribution is 7.14. The van der Waals surface area contributed by atoms with Gasteiger partial charge < -0.3 is 5.73 Å². The molecule has 0 aliphatic carbocycles. The van der Waals surface area contributed by atoms with Crippen molar-refractivity contribution in [3.8, 4) is 0 Å². The molecule has 0 atom stereocenters. The van der Waals surface area contributed by atoms with Crippen LogP contribution in [0.3, 0.4) is 0 Å². The molecule has 0 radical (unpaired) electrons.